The van der Waals surface area contributed by atoms with Crippen molar-refractivity contribution in [1.29, 1.82) is 0 Å². The van der Waals surface area contributed by atoms with Gasteiger partial charge in [0.25, 0.3) is 5.91 Å². The Kier molecular flexibility index (Phi) is 8.90. The van der Waals surface area contributed by atoms with Gasteiger partial charge in [0.15, 0.2) is 5.44 Å². The maximum Gasteiger partial charge on any atom is 0.355 e. The standard InChI is InChI=1S/C19H19Cl3N2O6S3/c1-9(25)30-18(31-2)11-7-33-16-13(23-12(26)6-10-4-3-5-32-10)15(27)24(16)14(11)17(28)29-8-19(20,21)22/h3-5,13,16,18H,6-8H2,1-2H3,(H,23,26)/t13-,16+,18?/m0/s1. The molecule has 0 saturated carbocycles. The molecule has 0 aromatic carbocycles. The number of nitrogens with one attached hydrogen (secondary N) is 1. The highest BCUT2D eigenvalue weighted by molar-refractivity contribution is 8.01. The number of fused-ring (bicyclic) bond motifs is 1. The first-order chi connectivity index (χ1) is 15.5. The lowest BCUT2D eigenvalue weighted by Gasteiger charge is -2.50. The number of hydrogen-bond donors (Lipinski definition) is 1. The molecule has 1 aromatic heterocycles. The number of ether oxygens (including phenoxy) is 2. The van der Waals surface area contributed by atoms with Crippen LogP contribution in [0.3, 0.4) is 0 Å². The van der Waals surface area contributed by atoms with E-state index < -0.39 is 45.1 Å². The third kappa shape index (κ3) is 6.52. The molecular formula is C19H19Cl3N2O6S3. The summed E-state index contributed by atoms with van der Waals surface area (Å²) in [6, 6.07) is 2.87. The number of thioether (sulfide) groups is 2. The Morgan fingerprint density at radius 1 is 1.36 bits per heavy atom. The van der Waals surface area contributed by atoms with Gasteiger partial charge in [0.1, 0.15) is 23.7 Å². The molecule has 1 saturated heterocycles. The first-order valence-corrected chi connectivity index (χ1v) is 13.8. The number of β-lactam (4-membered cyclic amide) rings is 1. The molecule has 2 aliphatic rings. The molecule has 3 rings (SSSR count). The summed E-state index contributed by atoms with van der Waals surface area (Å²) in [6.45, 7) is 0.711. The summed E-state index contributed by atoms with van der Waals surface area (Å²) in [5, 5.41) is 4.08. The molecule has 0 bridgehead atoms. The zero-order chi connectivity index (χ0) is 24.3. The van der Waals surface area contributed by atoms with Crippen LogP contribution in [-0.4, -0.2) is 67.9 Å². The number of thiophene rings is 1. The van der Waals surface area contributed by atoms with Crippen LogP contribution in [0.1, 0.15) is 11.8 Å². The van der Waals surface area contributed by atoms with Gasteiger partial charge >= 0.3 is 11.9 Å². The lowest BCUT2D eigenvalue weighted by Crippen LogP contribution is -2.71. The van der Waals surface area contributed by atoms with Gasteiger partial charge in [-0.2, -0.15) is 0 Å². The maximum atomic E-state index is 13.0. The number of hydrogen-bond acceptors (Lipinski definition) is 9. The van der Waals surface area contributed by atoms with Crippen LogP contribution in [0.4, 0.5) is 0 Å². The Morgan fingerprint density at radius 2 is 2.09 bits per heavy atom. The third-order valence-electron chi connectivity index (χ3n) is 4.56. The summed E-state index contributed by atoms with van der Waals surface area (Å²) in [6.07, 6.45) is 1.85. The first-order valence-electron chi connectivity index (χ1n) is 9.45. The predicted octanol–water partition coefficient (Wildman–Crippen LogP) is 3.11. The average Bonchev–Trinajstić information content (AvgIpc) is 3.25. The quantitative estimate of drug-likeness (QED) is 0.219. The Balaban J connectivity index is 1.82. The molecule has 180 valence electrons. The highest BCUT2D eigenvalue weighted by atomic mass is 35.6. The number of nitrogens with zero attached hydrogens (tertiary/aromatic N) is 1. The summed E-state index contributed by atoms with van der Waals surface area (Å²) in [5.74, 6) is -1.94. The second kappa shape index (κ2) is 11.1. The van der Waals surface area contributed by atoms with Gasteiger partial charge in [-0.1, -0.05) is 40.9 Å². The van der Waals surface area contributed by atoms with Gasteiger partial charge in [-0.3, -0.25) is 19.3 Å². The fraction of sp³-hybridized carbons (Fsp3) is 0.474. The van der Waals surface area contributed by atoms with Crippen LogP contribution >= 0.6 is 69.7 Å². The molecule has 2 aliphatic heterocycles. The van der Waals surface area contributed by atoms with Crippen LogP contribution in [0, 0.1) is 0 Å². The molecule has 8 nitrogen and oxygen atoms in total. The van der Waals surface area contributed by atoms with Gasteiger partial charge < -0.3 is 14.8 Å². The van der Waals surface area contributed by atoms with E-state index in [0.717, 1.165) is 4.88 Å². The number of carbonyl (C=O) groups is 4. The molecule has 1 unspecified atom stereocenters. The van der Waals surface area contributed by atoms with Crippen LogP contribution in [0.15, 0.2) is 28.8 Å². The zero-order valence-electron chi connectivity index (χ0n) is 17.3. The smallest absolute Gasteiger partial charge is 0.355 e. The molecule has 3 atom stereocenters. The number of esters is 2. The van der Waals surface area contributed by atoms with Crippen LogP contribution in [-0.2, 0) is 35.1 Å². The lowest BCUT2D eigenvalue weighted by atomic mass is 10.0. The van der Waals surface area contributed by atoms with E-state index in [1.54, 1.807) is 6.26 Å². The fourth-order valence-corrected chi connectivity index (χ4v) is 6.29. The molecule has 1 fully saturated rings. The number of carbonyl (C=O) groups excluding carboxylic acids is 4. The van der Waals surface area contributed by atoms with E-state index in [0.29, 0.717) is 5.57 Å². The maximum absolute atomic E-state index is 13.0. The topological polar surface area (TPSA) is 102 Å². The molecular weight excluding hydrogens is 555 g/mol. The predicted molar refractivity (Wildman–Crippen MR) is 130 cm³/mol. The summed E-state index contributed by atoms with van der Waals surface area (Å²) >= 11 is 21.0. The van der Waals surface area contributed by atoms with E-state index in [2.05, 4.69) is 5.32 Å². The summed E-state index contributed by atoms with van der Waals surface area (Å²) < 4.78 is 8.61. The van der Waals surface area contributed by atoms with Crippen molar-refractivity contribution in [3.05, 3.63) is 33.7 Å². The lowest BCUT2D eigenvalue weighted by molar-refractivity contribution is -0.153. The normalized spacial score (nSPS) is 21.1. The van der Waals surface area contributed by atoms with E-state index in [9.17, 15) is 19.2 Å². The molecule has 2 amide bonds. The van der Waals surface area contributed by atoms with Gasteiger partial charge in [-0.05, 0) is 17.7 Å². The Labute approximate surface area is 217 Å². The van der Waals surface area contributed by atoms with E-state index >= 15 is 0 Å². The molecule has 0 radical (unpaired) electrons. The number of halogens is 3. The molecule has 1 aromatic rings. The molecule has 14 heteroatoms. The van der Waals surface area contributed by atoms with Crippen molar-refractivity contribution in [2.75, 3.05) is 18.6 Å². The minimum absolute atomic E-state index is 0.0673. The van der Waals surface area contributed by atoms with Crippen LogP contribution in [0.25, 0.3) is 0 Å². The molecule has 0 aliphatic carbocycles. The number of alkyl halides is 3. The van der Waals surface area contributed by atoms with Crippen LogP contribution < -0.4 is 5.32 Å². The van der Waals surface area contributed by atoms with E-state index in [1.165, 1.54) is 46.7 Å². The molecule has 1 N–H and O–H groups in total. The van der Waals surface area contributed by atoms with E-state index in [4.69, 9.17) is 44.3 Å². The summed E-state index contributed by atoms with van der Waals surface area (Å²) in [7, 11) is 0. The molecule has 33 heavy (non-hydrogen) atoms. The highest BCUT2D eigenvalue weighted by Gasteiger charge is 2.55. The highest BCUT2D eigenvalue weighted by Crippen LogP contribution is 2.43. The fourth-order valence-electron chi connectivity index (χ4n) is 3.24. The Bertz CT molecular complexity index is 966. The van der Waals surface area contributed by atoms with Crippen molar-refractivity contribution in [2.24, 2.45) is 0 Å². The zero-order valence-corrected chi connectivity index (χ0v) is 22.1. The monoisotopic (exact) mass is 572 g/mol. The van der Waals surface area contributed by atoms with Crippen LogP contribution in [0.5, 0.6) is 0 Å². The summed E-state index contributed by atoms with van der Waals surface area (Å²) in [4.78, 5) is 52.0. The van der Waals surface area contributed by atoms with Gasteiger partial charge in [0.05, 0.1) is 6.42 Å². The van der Waals surface area contributed by atoms with E-state index in [1.807, 2.05) is 17.5 Å². The minimum Gasteiger partial charge on any atom is -0.456 e. The second-order valence-corrected chi connectivity index (χ2v) is 12.5. The SMILES string of the molecule is CSC(OC(C)=O)C1=C(C(=O)OCC(Cl)(Cl)Cl)N2C(=O)[C@H](NC(=O)Cc3cccs3)[C@H]2SC1. The van der Waals surface area contributed by atoms with Crippen molar-refractivity contribution in [3.8, 4) is 0 Å². The molecule has 0 spiro atoms. The van der Waals surface area contributed by atoms with Gasteiger partial charge in [-0.15, -0.1) is 34.9 Å². The van der Waals surface area contributed by atoms with Gasteiger partial charge in [-0.25, -0.2) is 4.79 Å². The largest absolute Gasteiger partial charge is 0.456 e. The first kappa shape index (κ1) is 26.5. The van der Waals surface area contributed by atoms with Crippen LogP contribution in [0.2, 0.25) is 0 Å². The second-order valence-electron chi connectivity index (χ2n) is 6.95. The van der Waals surface area contributed by atoms with Crippen molar-refractivity contribution in [2.45, 2.75) is 34.0 Å². The van der Waals surface area contributed by atoms with E-state index in [-0.39, 0.29) is 23.8 Å². The van der Waals surface area contributed by atoms with Gasteiger partial charge in [0.2, 0.25) is 9.70 Å². The number of amides is 2. The van der Waals surface area contributed by atoms with Crippen molar-refractivity contribution in [3.63, 3.8) is 0 Å². The molecule has 3 heterocycles. The average molecular weight is 574 g/mol. The van der Waals surface area contributed by atoms with Crippen molar-refractivity contribution < 1.29 is 28.7 Å². The third-order valence-corrected chi connectivity index (χ3v) is 7.88. The minimum atomic E-state index is -1.84. The van der Waals surface area contributed by atoms with Gasteiger partial charge in [0, 0.05) is 23.1 Å². The number of rotatable bonds is 8. The Morgan fingerprint density at radius 3 is 2.67 bits per heavy atom. The van der Waals surface area contributed by atoms with Crippen molar-refractivity contribution in [1.82, 2.24) is 10.2 Å². The summed E-state index contributed by atoms with van der Waals surface area (Å²) in [5.41, 5.74) is -0.487. The Hall–Kier alpha value is -1.11. The van der Waals surface area contributed by atoms with Crippen molar-refractivity contribution >= 4 is 93.4 Å².